The Kier molecular flexibility index (Phi) is 4.47. The second kappa shape index (κ2) is 5.43. The molecule has 3 nitrogen and oxygen atoms in total. The summed E-state index contributed by atoms with van der Waals surface area (Å²) >= 11 is 0. The molecule has 1 aliphatic rings. The third-order valence-electron chi connectivity index (χ3n) is 3.14. The summed E-state index contributed by atoms with van der Waals surface area (Å²) in [6.45, 7) is 7.49. The molecule has 0 aromatic rings. The number of aliphatic hydroxyl groups is 1. The van der Waals surface area contributed by atoms with Gasteiger partial charge in [-0.1, -0.05) is 6.58 Å². The Morgan fingerprint density at radius 2 is 2.12 bits per heavy atom. The van der Waals surface area contributed by atoms with Crippen molar-refractivity contribution in [1.29, 1.82) is 0 Å². The van der Waals surface area contributed by atoms with E-state index in [-0.39, 0.29) is 24.5 Å². The number of Topliss-reactive ketones (excluding diaryl/α,β-unsaturated/α-hetero) is 1. The highest BCUT2D eigenvalue weighted by Gasteiger charge is 2.40. The van der Waals surface area contributed by atoms with Crippen LogP contribution in [0.1, 0.15) is 26.7 Å². The molecular formula is C12H19FO3. The van der Waals surface area contributed by atoms with E-state index in [2.05, 4.69) is 6.58 Å². The normalized spacial score (nSPS) is 34.5. The minimum absolute atomic E-state index is 0.0628. The lowest BCUT2D eigenvalue weighted by Crippen LogP contribution is -2.40. The molecule has 0 radical (unpaired) electrons. The van der Waals surface area contributed by atoms with Gasteiger partial charge in [-0.3, -0.25) is 4.79 Å². The molecule has 0 heterocycles. The number of carbonyl (C=O) groups is 1. The fourth-order valence-electron chi connectivity index (χ4n) is 2.23. The van der Waals surface area contributed by atoms with Gasteiger partial charge in [-0.15, -0.1) is 0 Å². The standard InChI is InChI=1S/C12H19FO3/c1-4-16-8(3)10-6-12(15)11(13)5-9(10)7(2)14/h9-12,15H,3-6H2,1-2H3. The Morgan fingerprint density at radius 1 is 1.50 bits per heavy atom. The molecule has 0 spiro atoms. The van der Waals surface area contributed by atoms with Crippen LogP contribution in [0, 0.1) is 11.8 Å². The van der Waals surface area contributed by atoms with Gasteiger partial charge < -0.3 is 9.84 Å². The van der Waals surface area contributed by atoms with Crippen LogP contribution in [0.25, 0.3) is 0 Å². The lowest BCUT2D eigenvalue weighted by Gasteiger charge is -2.35. The Hall–Kier alpha value is -0.900. The fourth-order valence-corrected chi connectivity index (χ4v) is 2.23. The quantitative estimate of drug-likeness (QED) is 0.750. The first kappa shape index (κ1) is 13.2. The number of alkyl halides is 1. The molecule has 0 saturated heterocycles. The van der Waals surface area contributed by atoms with Crippen LogP contribution in [-0.4, -0.2) is 29.8 Å². The minimum Gasteiger partial charge on any atom is -0.499 e. The molecule has 0 aliphatic heterocycles. The highest BCUT2D eigenvalue weighted by Crippen LogP contribution is 2.37. The van der Waals surface area contributed by atoms with E-state index in [1.807, 2.05) is 6.92 Å². The molecule has 4 heteroatoms. The number of carbonyl (C=O) groups excluding carboxylic acids is 1. The summed E-state index contributed by atoms with van der Waals surface area (Å²) in [6, 6.07) is 0. The van der Waals surface area contributed by atoms with Crippen molar-refractivity contribution in [1.82, 2.24) is 0 Å². The van der Waals surface area contributed by atoms with Gasteiger partial charge in [0.15, 0.2) is 0 Å². The molecule has 1 fully saturated rings. The van der Waals surface area contributed by atoms with Crippen LogP contribution in [0.5, 0.6) is 0 Å². The molecule has 1 saturated carbocycles. The van der Waals surface area contributed by atoms with Gasteiger partial charge in [-0.05, 0) is 26.7 Å². The summed E-state index contributed by atoms with van der Waals surface area (Å²) in [5.41, 5.74) is 0. The van der Waals surface area contributed by atoms with Crippen molar-refractivity contribution < 1.29 is 19.0 Å². The first-order valence-electron chi connectivity index (χ1n) is 5.61. The number of aliphatic hydroxyl groups excluding tert-OH is 1. The predicted octanol–water partition coefficient (Wildman–Crippen LogP) is 1.85. The van der Waals surface area contributed by atoms with Gasteiger partial charge in [0, 0.05) is 11.8 Å². The second-order valence-corrected chi connectivity index (χ2v) is 4.28. The molecular weight excluding hydrogens is 211 g/mol. The van der Waals surface area contributed by atoms with Crippen LogP contribution >= 0.6 is 0 Å². The van der Waals surface area contributed by atoms with Gasteiger partial charge in [0.05, 0.1) is 18.5 Å². The van der Waals surface area contributed by atoms with Crippen molar-refractivity contribution in [3.63, 3.8) is 0 Å². The molecule has 1 rings (SSSR count). The van der Waals surface area contributed by atoms with Crippen molar-refractivity contribution >= 4 is 5.78 Å². The van der Waals surface area contributed by atoms with E-state index < -0.39 is 18.2 Å². The van der Waals surface area contributed by atoms with E-state index in [0.29, 0.717) is 12.4 Å². The SMILES string of the molecule is C=C(OCC)C1CC(O)C(F)CC1C(C)=O. The highest BCUT2D eigenvalue weighted by molar-refractivity contribution is 5.79. The smallest absolute Gasteiger partial charge is 0.133 e. The second-order valence-electron chi connectivity index (χ2n) is 4.28. The van der Waals surface area contributed by atoms with E-state index in [9.17, 15) is 14.3 Å². The first-order valence-corrected chi connectivity index (χ1v) is 5.61. The van der Waals surface area contributed by atoms with Gasteiger partial charge in [0.25, 0.3) is 0 Å². The summed E-state index contributed by atoms with van der Waals surface area (Å²) in [4.78, 5) is 11.4. The number of ketones is 1. The molecule has 0 bridgehead atoms. The fraction of sp³-hybridized carbons (Fsp3) is 0.750. The lowest BCUT2D eigenvalue weighted by molar-refractivity contribution is -0.126. The third-order valence-corrected chi connectivity index (χ3v) is 3.14. The molecule has 92 valence electrons. The van der Waals surface area contributed by atoms with Crippen LogP contribution in [0.4, 0.5) is 4.39 Å². The van der Waals surface area contributed by atoms with E-state index in [1.165, 1.54) is 6.92 Å². The topological polar surface area (TPSA) is 46.5 Å². The van der Waals surface area contributed by atoms with Crippen molar-refractivity contribution in [3.05, 3.63) is 12.3 Å². The molecule has 1 aliphatic carbocycles. The minimum atomic E-state index is -1.32. The molecule has 16 heavy (non-hydrogen) atoms. The van der Waals surface area contributed by atoms with Crippen LogP contribution in [-0.2, 0) is 9.53 Å². The van der Waals surface area contributed by atoms with Crippen molar-refractivity contribution in [2.45, 2.75) is 39.0 Å². The van der Waals surface area contributed by atoms with Crippen molar-refractivity contribution in [2.24, 2.45) is 11.8 Å². The van der Waals surface area contributed by atoms with Gasteiger partial charge in [0.2, 0.25) is 0 Å². The zero-order valence-electron chi connectivity index (χ0n) is 9.78. The van der Waals surface area contributed by atoms with E-state index in [1.54, 1.807) is 0 Å². The van der Waals surface area contributed by atoms with Crippen LogP contribution < -0.4 is 0 Å². The van der Waals surface area contributed by atoms with Crippen molar-refractivity contribution in [2.75, 3.05) is 6.61 Å². The van der Waals surface area contributed by atoms with Gasteiger partial charge in [-0.2, -0.15) is 0 Å². The Balaban J connectivity index is 2.77. The average Bonchev–Trinajstić information content (AvgIpc) is 2.21. The van der Waals surface area contributed by atoms with Crippen LogP contribution in [0.3, 0.4) is 0 Å². The maximum absolute atomic E-state index is 13.3. The monoisotopic (exact) mass is 230 g/mol. The number of allylic oxidation sites excluding steroid dienone is 1. The first-order chi connectivity index (χ1) is 7.47. The van der Waals surface area contributed by atoms with Crippen LogP contribution in [0.2, 0.25) is 0 Å². The Bertz CT molecular complexity index is 277. The van der Waals surface area contributed by atoms with Gasteiger partial charge in [-0.25, -0.2) is 4.39 Å². The maximum Gasteiger partial charge on any atom is 0.133 e. The van der Waals surface area contributed by atoms with Gasteiger partial charge in [0.1, 0.15) is 12.0 Å². The number of hydrogen-bond donors (Lipinski definition) is 1. The Morgan fingerprint density at radius 3 is 2.62 bits per heavy atom. The molecule has 0 aromatic carbocycles. The summed E-state index contributed by atoms with van der Waals surface area (Å²) in [7, 11) is 0. The summed E-state index contributed by atoms with van der Waals surface area (Å²) in [5.74, 6) is -0.272. The largest absolute Gasteiger partial charge is 0.499 e. The average molecular weight is 230 g/mol. The molecule has 4 atom stereocenters. The third kappa shape index (κ3) is 2.82. The zero-order valence-corrected chi connectivity index (χ0v) is 9.78. The van der Waals surface area contributed by atoms with E-state index >= 15 is 0 Å². The molecule has 1 N–H and O–H groups in total. The van der Waals surface area contributed by atoms with Gasteiger partial charge >= 0.3 is 0 Å². The molecule has 0 aromatic heterocycles. The highest BCUT2D eigenvalue weighted by atomic mass is 19.1. The Labute approximate surface area is 95.3 Å². The molecule has 4 unspecified atom stereocenters. The number of halogens is 1. The number of rotatable bonds is 4. The summed E-state index contributed by atoms with van der Waals surface area (Å²) < 4.78 is 18.6. The predicted molar refractivity (Wildman–Crippen MR) is 58.6 cm³/mol. The lowest BCUT2D eigenvalue weighted by atomic mass is 9.74. The summed E-state index contributed by atoms with van der Waals surface area (Å²) in [6.07, 6.45) is -2.06. The number of ether oxygens (including phenoxy) is 1. The van der Waals surface area contributed by atoms with Crippen molar-refractivity contribution in [3.8, 4) is 0 Å². The maximum atomic E-state index is 13.3. The molecule has 0 amide bonds. The van der Waals surface area contributed by atoms with E-state index in [4.69, 9.17) is 4.74 Å². The van der Waals surface area contributed by atoms with Crippen LogP contribution in [0.15, 0.2) is 12.3 Å². The zero-order chi connectivity index (χ0) is 12.3. The van der Waals surface area contributed by atoms with E-state index in [0.717, 1.165) is 0 Å². The number of hydrogen-bond acceptors (Lipinski definition) is 3. The summed E-state index contributed by atoms with van der Waals surface area (Å²) in [5, 5.41) is 9.48.